The summed E-state index contributed by atoms with van der Waals surface area (Å²) in [4.78, 5) is 11.5. The maximum absolute atomic E-state index is 11.5. The Kier molecular flexibility index (Phi) is 4.23. The van der Waals surface area contributed by atoms with Crippen LogP contribution >= 0.6 is 23.1 Å². The van der Waals surface area contributed by atoms with E-state index >= 15 is 0 Å². The van der Waals surface area contributed by atoms with Crippen LogP contribution in [0.25, 0.3) is 0 Å². The van der Waals surface area contributed by atoms with E-state index in [-0.39, 0.29) is 17.3 Å². The highest BCUT2D eigenvalue weighted by atomic mass is 32.2. The average Bonchev–Trinajstić information content (AvgIpc) is 2.82. The van der Waals surface area contributed by atoms with Gasteiger partial charge in [-0.05, 0) is 13.3 Å². The van der Waals surface area contributed by atoms with Gasteiger partial charge in [0.05, 0.1) is 17.3 Å². The molecule has 0 amide bonds. The van der Waals surface area contributed by atoms with Crippen LogP contribution < -0.4 is 0 Å². The van der Waals surface area contributed by atoms with Gasteiger partial charge in [0, 0.05) is 0 Å². The maximum Gasteiger partial charge on any atom is 0.316 e. The third-order valence-corrected chi connectivity index (χ3v) is 5.99. The van der Waals surface area contributed by atoms with E-state index in [2.05, 4.69) is 10.2 Å². The average molecular weight is 308 g/mol. The number of rotatable bonds is 4. The number of ether oxygens (including phenoxy) is 1. The van der Waals surface area contributed by atoms with Crippen molar-refractivity contribution in [2.45, 2.75) is 23.8 Å². The molecule has 1 fully saturated rings. The fourth-order valence-electron chi connectivity index (χ4n) is 1.53. The molecule has 100 valence electrons. The number of hydrogen-bond acceptors (Lipinski definition) is 8. The van der Waals surface area contributed by atoms with Gasteiger partial charge >= 0.3 is 5.97 Å². The molecule has 1 aliphatic heterocycles. The van der Waals surface area contributed by atoms with E-state index < -0.39 is 21.9 Å². The third-order valence-electron chi connectivity index (χ3n) is 2.31. The van der Waals surface area contributed by atoms with Gasteiger partial charge in [-0.2, -0.15) is 0 Å². The van der Waals surface area contributed by atoms with Gasteiger partial charge in [0.2, 0.25) is 0 Å². The molecule has 0 aliphatic carbocycles. The second-order valence-corrected chi connectivity index (χ2v) is 8.52. The summed E-state index contributed by atoms with van der Waals surface area (Å²) in [5, 5.41) is 8.54. The topological polar surface area (TPSA) is 86.2 Å². The summed E-state index contributed by atoms with van der Waals surface area (Å²) in [6, 6.07) is 0. The number of carbonyl (C=O) groups is 1. The standard InChI is InChI=1S/C9H12N2O4S3/c1-6-10-11-9(17-6)16-4-8(12)15-7-2-3-18(13,14)5-7/h7H,2-5H2,1H3/t7-/m1/s1. The number of hydrogen-bond donors (Lipinski definition) is 0. The van der Waals surface area contributed by atoms with Crippen LogP contribution in [0.15, 0.2) is 4.34 Å². The van der Waals surface area contributed by atoms with E-state index in [0.29, 0.717) is 10.8 Å². The first-order valence-electron chi connectivity index (χ1n) is 5.27. The quantitative estimate of drug-likeness (QED) is 0.597. The molecular weight excluding hydrogens is 296 g/mol. The minimum atomic E-state index is -3.01. The summed E-state index contributed by atoms with van der Waals surface area (Å²) in [7, 11) is -3.01. The van der Waals surface area contributed by atoms with Crippen LogP contribution in [0.3, 0.4) is 0 Å². The van der Waals surface area contributed by atoms with Crippen molar-refractivity contribution < 1.29 is 17.9 Å². The first kappa shape index (κ1) is 13.8. The van der Waals surface area contributed by atoms with Crippen LogP contribution in [0.2, 0.25) is 0 Å². The van der Waals surface area contributed by atoms with Gasteiger partial charge in [0.25, 0.3) is 0 Å². The van der Waals surface area contributed by atoms with Crippen molar-refractivity contribution in [3.63, 3.8) is 0 Å². The smallest absolute Gasteiger partial charge is 0.316 e. The van der Waals surface area contributed by atoms with Crippen LogP contribution in [-0.4, -0.2) is 47.9 Å². The molecule has 1 aromatic rings. The number of thioether (sulfide) groups is 1. The lowest BCUT2D eigenvalue weighted by Gasteiger charge is -2.08. The van der Waals surface area contributed by atoms with Crippen LogP contribution in [0.5, 0.6) is 0 Å². The van der Waals surface area contributed by atoms with Gasteiger partial charge in [0.15, 0.2) is 14.2 Å². The molecule has 0 saturated carbocycles. The Morgan fingerprint density at radius 2 is 2.33 bits per heavy atom. The van der Waals surface area contributed by atoms with Gasteiger partial charge in [-0.3, -0.25) is 4.79 Å². The molecule has 1 atom stereocenters. The Morgan fingerprint density at radius 3 is 2.89 bits per heavy atom. The predicted octanol–water partition coefficient (Wildman–Crippen LogP) is 0.669. The SMILES string of the molecule is Cc1nnc(SCC(=O)O[C@@H]2CCS(=O)(=O)C2)s1. The second kappa shape index (κ2) is 5.54. The van der Waals surface area contributed by atoms with Crippen molar-refractivity contribution >= 4 is 38.9 Å². The summed E-state index contributed by atoms with van der Waals surface area (Å²) in [5.74, 6) is -0.227. The third kappa shape index (κ3) is 3.92. The van der Waals surface area contributed by atoms with Gasteiger partial charge in [-0.1, -0.05) is 23.1 Å². The molecule has 1 aromatic heterocycles. The Bertz CT molecular complexity index is 540. The van der Waals surface area contributed by atoms with E-state index in [1.807, 2.05) is 6.92 Å². The zero-order valence-corrected chi connectivity index (χ0v) is 12.1. The number of nitrogens with zero attached hydrogens (tertiary/aromatic N) is 2. The van der Waals surface area contributed by atoms with Gasteiger partial charge in [0.1, 0.15) is 11.1 Å². The highest BCUT2D eigenvalue weighted by Gasteiger charge is 2.30. The van der Waals surface area contributed by atoms with Crippen molar-refractivity contribution in [2.24, 2.45) is 0 Å². The van der Waals surface area contributed by atoms with Gasteiger partial charge in [-0.25, -0.2) is 8.42 Å². The highest BCUT2D eigenvalue weighted by Crippen LogP contribution is 2.22. The van der Waals surface area contributed by atoms with Crippen LogP contribution in [-0.2, 0) is 19.4 Å². The van der Waals surface area contributed by atoms with Crippen molar-refractivity contribution in [3.05, 3.63) is 5.01 Å². The monoisotopic (exact) mass is 308 g/mol. The van der Waals surface area contributed by atoms with E-state index in [1.54, 1.807) is 0 Å². The van der Waals surface area contributed by atoms with Crippen LogP contribution in [0.4, 0.5) is 0 Å². The molecule has 0 aromatic carbocycles. The minimum Gasteiger partial charge on any atom is -0.461 e. The first-order chi connectivity index (χ1) is 8.44. The van der Waals surface area contributed by atoms with E-state index in [4.69, 9.17) is 4.74 Å². The molecule has 1 saturated heterocycles. The first-order valence-corrected chi connectivity index (χ1v) is 8.90. The van der Waals surface area contributed by atoms with Crippen molar-refractivity contribution in [1.29, 1.82) is 0 Å². The van der Waals surface area contributed by atoms with Crippen molar-refractivity contribution in [2.75, 3.05) is 17.3 Å². The summed E-state index contributed by atoms with van der Waals surface area (Å²) in [5.41, 5.74) is 0. The highest BCUT2D eigenvalue weighted by molar-refractivity contribution is 8.01. The molecule has 0 radical (unpaired) electrons. The number of carbonyl (C=O) groups excluding carboxylic acids is 1. The Morgan fingerprint density at radius 1 is 1.56 bits per heavy atom. The number of esters is 1. The Balaban J connectivity index is 1.76. The largest absolute Gasteiger partial charge is 0.461 e. The van der Waals surface area contributed by atoms with Crippen LogP contribution in [0.1, 0.15) is 11.4 Å². The number of aryl methyl sites for hydroxylation is 1. The molecule has 0 bridgehead atoms. The van der Waals surface area contributed by atoms with Crippen LogP contribution in [0, 0.1) is 6.92 Å². The summed E-state index contributed by atoms with van der Waals surface area (Å²) >= 11 is 2.66. The molecule has 6 nitrogen and oxygen atoms in total. The molecule has 1 aliphatic rings. The van der Waals surface area contributed by atoms with Gasteiger partial charge < -0.3 is 4.74 Å². The Hall–Kier alpha value is -0.670. The summed E-state index contributed by atoms with van der Waals surface area (Å²) in [6.45, 7) is 1.84. The molecular formula is C9H12N2O4S3. The fraction of sp³-hybridized carbons (Fsp3) is 0.667. The molecule has 18 heavy (non-hydrogen) atoms. The van der Waals surface area contributed by atoms with Crippen molar-refractivity contribution in [3.8, 4) is 0 Å². The van der Waals surface area contributed by atoms with Gasteiger partial charge in [-0.15, -0.1) is 10.2 Å². The molecule has 0 N–H and O–H groups in total. The number of aromatic nitrogens is 2. The lowest BCUT2D eigenvalue weighted by Crippen LogP contribution is -2.20. The predicted molar refractivity (Wildman–Crippen MR) is 68.5 cm³/mol. The molecule has 0 spiro atoms. The lowest BCUT2D eigenvalue weighted by atomic mass is 10.3. The van der Waals surface area contributed by atoms with Crippen molar-refractivity contribution in [1.82, 2.24) is 10.2 Å². The fourth-order valence-corrected chi connectivity index (χ4v) is 4.72. The number of sulfone groups is 1. The summed E-state index contributed by atoms with van der Waals surface area (Å²) < 4.78 is 28.2. The van der Waals surface area contributed by atoms with E-state index in [9.17, 15) is 13.2 Å². The molecule has 2 heterocycles. The lowest BCUT2D eigenvalue weighted by molar-refractivity contribution is -0.144. The summed E-state index contributed by atoms with van der Waals surface area (Å²) in [6.07, 6.45) is -0.0873. The molecule has 0 unspecified atom stereocenters. The Labute approximate surface area is 113 Å². The zero-order chi connectivity index (χ0) is 13.2. The normalized spacial score (nSPS) is 21.9. The second-order valence-electron chi connectivity index (χ2n) is 3.89. The molecule has 9 heteroatoms. The van der Waals surface area contributed by atoms with E-state index in [0.717, 1.165) is 5.01 Å². The van der Waals surface area contributed by atoms with E-state index in [1.165, 1.54) is 23.1 Å². The minimum absolute atomic E-state index is 0.0542. The molecule has 2 rings (SSSR count). The maximum atomic E-state index is 11.5. The zero-order valence-electron chi connectivity index (χ0n) is 9.66.